The molecule has 3 N–H and O–H groups in total. The number of anilines is 1. The largest absolute Gasteiger partial charge is 0.504 e. The number of aryl methyl sites for hydroxylation is 1. The zero-order valence-electron chi connectivity index (χ0n) is 10.8. The Bertz CT molecular complexity index is 656. The third-order valence-electron chi connectivity index (χ3n) is 2.87. The fourth-order valence-corrected chi connectivity index (χ4v) is 1.83. The van der Waals surface area contributed by atoms with Gasteiger partial charge in [0.1, 0.15) is 5.69 Å². The van der Waals surface area contributed by atoms with Crippen molar-refractivity contribution in [3.63, 3.8) is 0 Å². The first-order valence-corrected chi connectivity index (χ1v) is 5.97. The maximum atomic E-state index is 10.9. The molecule has 2 aromatic rings. The van der Waals surface area contributed by atoms with Gasteiger partial charge in [0.05, 0.1) is 4.92 Å². The van der Waals surface area contributed by atoms with Crippen molar-refractivity contribution < 1.29 is 15.1 Å². The highest BCUT2D eigenvalue weighted by atomic mass is 16.6. The zero-order valence-corrected chi connectivity index (χ0v) is 10.8. The summed E-state index contributed by atoms with van der Waals surface area (Å²) in [5.41, 5.74) is 2.03. The molecule has 0 saturated heterocycles. The molecule has 0 saturated carbocycles. The van der Waals surface area contributed by atoms with Gasteiger partial charge >= 0.3 is 0 Å². The second kappa shape index (κ2) is 5.48. The first-order chi connectivity index (χ1) is 9.47. The predicted octanol–water partition coefficient (Wildman–Crippen LogP) is 2.93. The van der Waals surface area contributed by atoms with Gasteiger partial charge < -0.3 is 15.5 Å². The van der Waals surface area contributed by atoms with Crippen molar-refractivity contribution in [2.45, 2.75) is 13.5 Å². The number of nitro benzene ring substituents is 1. The molecule has 0 aliphatic heterocycles. The van der Waals surface area contributed by atoms with Crippen molar-refractivity contribution in [3.05, 3.63) is 57.6 Å². The lowest BCUT2D eigenvalue weighted by Gasteiger charge is -2.09. The fourth-order valence-electron chi connectivity index (χ4n) is 1.83. The highest BCUT2D eigenvalue weighted by Crippen LogP contribution is 2.28. The number of phenolic OH excluding ortho intramolecular Hbond substituents is 2. The number of nitrogens with one attached hydrogen (secondary N) is 1. The minimum atomic E-state index is -0.448. The van der Waals surface area contributed by atoms with Crippen LogP contribution in [-0.2, 0) is 6.54 Å². The summed E-state index contributed by atoms with van der Waals surface area (Å²) in [6.07, 6.45) is 0. The summed E-state index contributed by atoms with van der Waals surface area (Å²) in [6, 6.07) is 9.23. The van der Waals surface area contributed by atoms with Crippen LogP contribution >= 0.6 is 0 Å². The van der Waals surface area contributed by atoms with E-state index < -0.39 is 4.92 Å². The fraction of sp³-hybridized carbons (Fsp3) is 0.143. The number of phenols is 2. The topological polar surface area (TPSA) is 95.6 Å². The smallest absolute Gasteiger partial charge is 0.292 e. The molecule has 0 spiro atoms. The van der Waals surface area contributed by atoms with Crippen molar-refractivity contribution in [2.75, 3.05) is 5.32 Å². The molecule has 2 rings (SSSR count). The summed E-state index contributed by atoms with van der Waals surface area (Å²) in [6.45, 7) is 2.15. The van der Waals surface area contributed by atoms with Gasteiger partial charge in [-0.15, -0.1) is 0 Å². The Morgan fingerprint density at radius 3 is 2.55 bits per heavy atom. The lowest BCUT2D eigenvalue weighted by molar-refractivity contribution is -0.384. The number of hydrogen-bond acceptors (Lipinski definition) is 5. The molecule has 0 fully saturated rings. The van der Waals surface area contributed by atoms with Gasteiger partial charge in [-0.3, -0.25) is 10.1 Å². The molecule has 0 aliphatic carbocycles. The van der Waals surface area contributed by atoms with E-state index in [4.69, 9.17) is 0 Å². The van der Waals surface area contributed by atoms with E-state index >= 15 is 0 Å². The maximum Gasteiger partial charge on any atom is 0.292 e. The van der Waals surface area contributed by atoms with E-state index in [-0.39, 0.29) is 17.2 Å². The Balaban J connectivity index is 2.20. The number of hydrogen-bond donors (Lipinski definition) is 3. The van der Waals surface area contributed by atoms with Gasteiger partial charge in [0, 0.05) is 12.6 Å². The average Bonchev–Trinajstić information content (AvgIpc) is 2.40. The molecule has 0 radical (unpaired) electrons. The minimum Gasteiger partial charge on any atom is -0.504 e. The SMILES string of the molecule is Cc1ccc([N+](=O)[O-])c(NCc2ccc(O)c(O)c2)c1. The maximum absolute atomic E-state index is 10.9. The monoisotopic (exact) mass is 274 g/mol. The molecule has 0 aliphatic rings. The Labute approximate surface area is 115 Å². The van der Waals surface area contributed by atoms with Crippen molar-refractivity contribution in [2.24, 2.45) is 0 Å². The highest BCUT2D eigenvalue weighted by Gasteiger charge is 2.13. The zero-order chi connectivity index (χ0) is 14.7. The lowest BCUT2D eigenvalue weighted by Crippen LogP contribution is -2.03. The molecular formula is C14H14N2O4. The summed E-state index contributed by atoms with van der Waals surface area (Å²) in [5.74, 6) is -0.418. The van der Waals surface area contributed by atoms with Crippen molar-refractivity contribution in [1.29, 1.82) is 0 Å². The van der Waals surface area contributed by atoms with Gasteiger partial charge in [0.25, 0.3) is 5.69 Å². The normalized spacial score (nSPS) is 10.2. The summed E-state index contributed by atoms with van der Waals surface area (Å²) in [4.78, 5) is 10.5. The van der Waals surface area contributed by atoms with E-state index in [2.05, 4.69) is 5.32 Å². The van der Waals surface area contributed by atoms with Gasteiger partial charge in [-0.05, 0) is 36.2 Å². The third-order valence-corrected chi connectivity index (χ3v) is 2.87. The van der Waals surface area contributed by atoms with Crippen molar-refractivity contribution in [3.8, 4) is 11.5 Å². The van der Waals surface area contributed by atoms with Gasteiger partial charge in [-0.1, -0.05) is 12.1 Å². The highest BCUT2D eigenvalue weighted by molar-refractivity contribution is 5.62. The number of nitro groups is 1. The Hall–Kier alpha value is -2.76. The van der Waals surface area contributed by atoms with Crippen LogP contribution in [0.25, 0.3) is 0 Å². The van der Waals surface area contributed by atoms with Crippen molar-refractivity contribution in [1.82, 2.24) is 0 Å². The molecule has 6 heteroatoms. The number of benzene rings is 2. The molecule has 6 nitrogen and oxygen atoms in total. The first-order valence-electron chi connectivity index (χ1n) is 5.97. The number of nitrogens with zero attached hydrogens (tertiary/aromatic N) is 1. The van der Waals surface area contributed by atoms with Crippen LogP contribution in [0.1, 0.15) is 11.1 Å². The summed E-state index contributed by atoms with van der Waals surface area (Å²) in [7, 11) is 0. The molecule has 104 valence electrons. The van der Waals surface area contributed by atoms with Crippen LogP contribution in [0.15, 0.2) is 36.4 Å². The quantitative estimate of drug-likeness (QED) is 0.452. The van der Waals surface area contributed by atoms with Crippen LogP contribution < -0.4 is 5.32 Å². The van der Waals surface area contributed by atoms with Crippen LogP contribution in [0.4, 0.5) is 11.4 Å². The number of rotatable bonds is 4. The minimum absolute atomic E-state index is 0.00130. The van der Waals surface area contributed by atoms with E-state index in [9.17, 15) is 20.3 Å². The molecule has 0 amide bonds. The Kier molecular flexibility index (Phi) is 3.74. The molecule has 2 aromatic carbocycles. The van der Waals surface area contributed by atoms with E-state index in [0.29, 0.717) is 17.8 Å². The molecule has 0 bridgehead atoms. The summed E-state index contributed by atoms with van der Waals surface area (Å²) >= 11 is 0. The molecule has 20 heavy (non-hydrogen) atoms. The molecule has 0 atom stereocenters. The van der Waals surface area contributed by atoms with Crippen LogP contribution in [-0.4, -0.2) is 15.1 Å². The Morgan fingerprint density at radius 1 is 1.15 bits per heavy atom. The van der Waals surface area contributed by atoms with Crippen LogP contribution in [0.3, 0.4) is 0 Å². The standard InChI is InChI=1S/C14H14N2O4/c1-9-2-4-12(16(19)20)11(6-9)15-8-10-3-5-13(17)14(18)7-10/h2-7,15,17-18H,8H2,1H3. The van der Waals surface area contributed by atoms with E-state index in [0.717, 1.165) is 5.56 Å². The molecule has 0 unspecified atom stereocenters. The lowest BCUT2D eigenvalue weighted by atomic mass is 10.1. The predicted molar refractivity (Wildman–Crippen MR) is 74.9 cm³/mol. The van der Waals surface area contributed by atoms with E-state index in [1.165, 1.54) is 18.2 Å². The van der Waals surface area contributed by atoms with E-state index in [1.807, 2.05) is 6.92 Å². The second-order valence-electron chi connectivity index (χ2n) is 4.45. The summed E-state index contributed by atoms with van der Waals surface area (Å²) in [5, 5.41) is 32.5. The van der Waals surface area contributed by atoms with Crippen LogP contribution in [0.5, 0.6) is 11.5 Å². The van der Waals surface area contributed by atoms with Crippen LogP contribution in [0, 0.1) is 17.0 Å². The first kappa shape index (κ1) is 13.7. The third kappa shape index (κ3) is 2.97. The second-order valence-corrected chi connectivity index (χ2v) is 4.45. The van der Waals surface area contributed by atoms with Gasteiger partial charge in [0.15, 0.2) is 11.5 Å². The van der Waals surface area contributed by atoms with E-state index in [1.54, 1.807) is 18.2 Å². The Morgan fingerprint density at radius 2 is 1.90 bits per heavy atom. The van der Waals surface area contributed by atoms with Gasteiger partial charge in [-0.2, -0.15) is 0 Å². The summed E-state index contributed by atoms with van der Waals surface area (Å²) < 4.78 is 0. The molecule has 0 heterocycles. The van der Waals surface area contributed by atoms with Crippen molar-refractivity contribution >= 4 is 11.4 Å². The number of aromatic hydroxyl groups is 2. The van der Waals surface area contributed by atoms with Gasteiger partial charge in [-0.25, -0.2) is 0 Å². The average molecular weight is 274 g/mol. The van der Waals surface area contributed by atoms with Crippen LogP contribution in [0.2, 0.25) is 0 Å². The molecular weight excluding hydrogens is 260 g/mol. The molecule has 0 aromatic heterocycles. The van der Waals surface area contributed by atoms with Gasteiger partial charge in [0.2, 0.25) is 0 Å².